The molecule has 1 aliphatic heterocycles. The average Bonchev–Trinajstić information content (AvgIpc) is 3.21. The number of nitrogens with one attached hydrogen (secondary N) is 1. The van der Waals surface area contributed by atoms with Gasteiger partial charge in [-0.3, -0.25) is 4.79 Å². The van der Waals surface area contributed by atoms with Crippen molar-refractivity contribution >= 4 is 38.9 Å². The number of carbonyl (C=O) groups is 1. The van der Waals surface area contributed by atoms with Crippen molar-refractivity contribution in [1.82, 2.24) is 9.62 Å². The Balaban J connectivity index is 1.56. The van der Waals surface area contributed by atoms with E-state index in [0.29, 0.717) is 16.4 Å². The summed E-state index contributed by atoms with van der Waals surface area (Å²) in [6, 6.07) is 7.18. The summed E-state index contributed by atoms with van der Waals surface area (Å²) in [4.78, 5) is 14.2. The highest BCUT2D eigenvalue weighted by Gasteiger charge is 2.43. The molecule has 0 spiro atoms. The number of thiophene rings is 1. The van der Waals surface area contributed by atoms with Crippen molar-refractivity contribution in [2.45, 2.75) is 56.6 Å². The fourth-order valence-electron chi connectivity index (χ4n) is 3.75. The molecule has 144 valence electrons. The summed E-state index contributed by atoms with van der Waals surface area (Å²) in [7, 11) is -3.55. The lowest BCUT2D eigenvalue weighted by atomic mass is 10.1. The molecule has 2 aliphatic rings. The molecule has 0 radical (unpaired) electrons. The van der Waals surface area contributed by atoms with Crippen molar-refractivity contribution < 1.29 is 13.2 Å². The molecule has 1 aliphatic carbocycles. The number of carbonyl (C=O) groups excluding carboxylic acids is 1. The van der Waals surface area contributed by atoms with Crippen molar-refractivity contribution in [1.29, 1.82) is 0 Å². The van der Waals surface area contributed by atoms with Crippen molar-refractivity contribution in [2.75, 3.05) is 0 Å². The zero-order valence-electron chi connectivity index (χ0n) is 15.4. The molecule has 0 bridgehead atoms. The Hall–Kier alpha value is -1.41. The second-order valence-corrected chi connectivity index (χ2v) is 11.4. The third-order valence-corrected chi connectivity index (χ3v) is 8.75. The quantitative estimate of drug-likeness (QED) is 0.788. The highest BCUT2D eigenvalue weighted by Crippen LogP contribution is 2.41. The summed E-state index contributed by atoms with van der Waals surface area (Å²) in [5, 5.41) is 3.75. The molecule has 0 saturated carbocycles. The summed E-state index contributed by atoms with van der Waals surface area (Å²) in [5.41, 5.74) is 1.75. The number of nitrogens with zero attached hydrogens (tertiary/aromatic N) is 1. The lowest BCUT2D eigenvalue weighted by Crippen LogP contribution is -2.41. The van der Waals surface area contributed by atoms with Crippen LogP contribution in [0.5, 0.6) is 0 Å². The summed E-state index contributed by atoms with van der Waals surface area (Å²) in [6.07, 6.45) is 1.69. The molecular weight excluding hydrogens is 404 g/mol. The lowest BCUT2D eigenvalue weighted by molar-refractivity contribution is 0.0940. The van der Waals surface area contributed by atoms with Crippen LogP contribution in [-0.4, -0.2) is 24.2 Å². The second kappa shape index (κ2) is 6.30. The summed E-state index contributed by atoms with van der Waals surface area (Å²) in [5.74, 6) is -0.222. The van der Waals surface area contributed by atoms with Gasteiger partial charge in [0.25, 0.3) is 5.91 Å². The minimum absolute atomic E-state index is 0.0654. The number of rotatable bonds is 2. The van der Waals surface area contributed by atoms with E-state index in [1.54, 1.807) is 0 Å². The first-order valence-corrected chi connectivity index (χ1v) is 11.5. The van der Waals surface area contributed by atoms with Crippen molar-refractivity contribution in [3.05, 3.63) is 50.2 Å². The van der Waals surface area contributed by atoms with Gasteiger partial charge >= 0.3 is 0 Å². The van der Waals surface area contributed by atoms with Gasteiger partial charge in [0.2, 0.25) is 10.0 Å². The van der Waals surface area contributed by atoms with Gasteiger partial charge < -0.3 is 5.32 Å². The van der Waals surface area contributed by atoms with Crippen LogP contribution in [0.4, 0.5) is 0 Å². The third kappa shape index (κ3) is 3.20. The van der Waals surface area contributed by atoms with Crippen LogP contribution in [0.15, 0.2) is 29.2 Å². The van der Waals surface area contributed by atoms with E-state index in [9.17, 15) is 13.2 Å². The Morgan fingerprint density at radius 2 is 2.04 bits per heavy atom. The maximum atomic E-state index is 12.8. The fraction of sp³-hybridized carbons (Fsp3) is 0.421. The average molecular weight is 425 g/mol. The SMILES string of the molecule is CC(C)(C)N1Cc2sc(C(=O)N[C@@H]3CCc4cc(Cl)ccc43)cc2S1(=O)=O. The third-order valence-electron chi connectivity index (χ3n) is 5.09. The van der Waals surface area contributed by atoms with E-state index in [1.807, 2.05) is 39.0 Å². The standard InChI is InChI=1S/C19H21ClN2O3S2/c1-19(2,3)22-10-16-17(27(22,24)25)9-15(26-16)18(23)21-14-7-4-11-8-12(20)5-6-13(11)14/h5-6,8-9,14H,4,7,10H2,1-3H3,(H,21,23)/t14-/m1/s1. The van der Waals surface area contributed by atoms with Crippen LogP contribution in [-0.2, 0) is 23.0 Å². The molecule has 2 heterocycles. The van der Waals surface area contributed by atoms with Crippen LogP contribution in [0.3, 0.4) is 0 Å². The summed E-state index contributed by atoms with van der Waals surface area (Å²) >= 11 is 7.30. The highest BCUT2D eigenvalue weighted by molar-refractivity contribution is 7.89. The van der Waals surface area contributed by atoms with Gasteiger partial charge in [-0.1, -0.05) is 17.7 Å². The molecule has 1 atom stereocenters. The molecular formula is C19H21ClN2O3S2. The van der Waals surface area contributed by atoms with Gasteiger partial charge in [0, 0.05) is 15.4 Å². The number of hydrogen-bond donors (Lipinski definition) is 1. The monoisotopic (exact) mass is 424 g/mol. The molecule has 1 N–H and O–H groups in total. The minimum Gasteiger partial charge on any atom is -0.345 e. The van der Waals surface area contributed by atoms with Gasteiger partial charge in [0.1, 0.15) is 0 Å². The van der Waals surface area contributed by atoms with Gasteiger partial charge in [0.05, 0.1) is 22.4 Å². The van der Waals surface area contributed by atoms with Crippen molar-refractivity contribution in [2.24, 2.45) is 0 Å². The molecule has 8 heteroatoms. The zero-order chi connectivity index (χ0) is 19.6. The van der Waals surface area contributed by atoms with E-state index >= 15 is 0 Å². The van der Waals surface area contributed by atoms with E-state index in [1.165, 1.54) is 21.7 Å². The predicted octanol–water partition coefficient (Wildman–Crippen LogP) is 4.12. The lowest BCUT2D eigenvalue weighted by Gasteiger charge is -2.29. The number of halogens is 1. The van der Waals surface area contributed by atoms with E-state index in [2.05, 4.69) is 5.32 Å². The fourth-order valence-corrected chi connectivity index (χ4v) is 7.37. The van der Waals surface area contributed by atoms with E-state index in [4.69, 9.17) is 11.6 Å². The van der Waals surface area contributed by atoms with Crippen molar-refractivity contribution in [3.8, 4) is 0 Å². The molecule has 1 amide bonds. The second-order valence-electron chi connectivity index (χ2n) is 7.99. The maximum Gasteiger partial charge on any atom is 0.261 e. The first-order valence-electron chi connectivity index (χ1n) is 8.82. The molecule has 27 heavy (non-hydrogen) atoms. The number of hydrogen-bond acceptors (Lipinski definition) is 4. The first-order chi connectivity index (χ1) is 12.6. The summed E-state index contributed by atoms with van der Waals surface area (Å²) in [6.45, 7) is 5.94. The molecule has 0 unspecified atom stereocenters. The van der Waals surface area contributed by atoms with Crippen molar-refractivity contribution in [3.63, 3.8) is 0 Å². The maximum absolute atomic E-state index is 12.8. The smallest absolute Gasteiger partial charge is 0.261 e. The Kier molecular flexibility index (Phi) is 4.42. The largest absolute Gasteiger partial charge is 0.345 e. The van der Waals surface area contributed by atoms with Gasteiger partial charge in [-0.05, 0) is 62.9 Å². The van der Waals surface area contributed by atoms with Crippen LogP contribution in [0.2, 0.25) is 5.02 Å². The van der Waals surface area contributed by atoms with E-state index < -0.39 is 15.6 Å². The number of amides is 1. The molecule has 4 rings (SSSR count). The Morgan fingerprint density at radius 1 is 1.30 bits per heavy atom. The number of fused-ring (bicyclic) bond motifs is 2. The van der Waals surface area contributed by atoms with E-state index in [0.717, 1.165) is 28.8 Å². The molecule has 2 aromatic rings. The van der Waals surface area contributed by atoms with Crippen LogP contribution < -0.4 is 5.32 Å². The van der Waals surface area contributed by atoms with Gasteiger partial charge in [-0.2, -0.15) is 4.31 Å². The molecule has 5 nitrogen and oxygen atoms in total. The zero-order valence-corrected chi connectivity index (χ0v) is 17.8. The van der Waals surface area contributed by atoms with Crippen LogP contribution in [0.1, 0.15) is 58.9 Å². The number of aryl methyl sites for hydroxylation is 1. The number of sulfonamides is 1. The van der Waals surface area contributed by atoms with Gasteiger partial charge in [-0.25, -0.2) is 8.42 Å². The molecule has 1 aromatic carbocycles. The first kappa shape index (κ1) is 18.9. The molecule has 1 aromatic heterocycles. The van der Waals surface area contributed by atoms with Crippen LogP contribution in [0.25, 0.3) is 0 Å². The van der Waals surface area contributed by atoms with Gasteiger partial charge in [0.15, 0.2) is 0 Å². The number of benzene rings is 1. The Labute approximate surface area is 168 Å². The summed E-state index contributed by atoms with van der Waals surface area (Å²) < 4.78 is 27.1. The minimum atomic E-state index is -3.55. The van der Waals surface area contributed by atoms with E-state index in [-0.39, 0.29) is 16.8 Å². The normalized spacial score (nSPS) is 21.1. The van der Waals surface area contributed by atoms with Gasteiger partial charge in [-0.15, -0.1) is 11.3 Å². The van der Waals surface area contributed by atoms with Crippen LogP contribution in [0, 0.1) is 0 Å². The topological polar surface area (TPSA) is 66.5 Å². The predicted molar refractivity (Wildman–Crippen MR) is 107 cm³/mol. The van der Waals surface area contributed by atoms with Crippen LogP contribution >= 0.6 is 22.9 Å². The highest BCUT2D eigenvalue weighted by atomic mass is 35.5. The Morgan fingerprint density at radius 3 is 2.70 bits per heavy atom. The molecule has 0 saturated heterocycles. The Bertz CT molecular complexity index is 1040. The molecule has 0 fully saturated rings.